The number of nitrogens with two attached hydrogens (primary N) is 1. The van der Waals surface area contributed by atoms with Crippen LogP contribution in [0.3, 0.4) is 0 Å². The fourth-order valence-corrected chi connectivity index (χ4v) is 4.44. The second-order valence-corrected chi connectivity index (χ2v) is 7.79. The summed E-state index contributed by atoms with van der Waals surface area (Å²) >= 11 is 0. The van der Waals surface area contributed by atoms with Crippen LogP contribution in [0, 0.1) is 0 Å². The summed E-state index contributed by atoms with van der Waals surface area (Å²) in [6, 6.07) is 17.8. The second kappa shape index (κ2) is 8.42. The van der Waals surface area contributed by atoms with E-state index in [0.29, 0.717) is 6.04 Å². The zero-order valence-corrected chi connectivity index (χ0v) is 16.1. The lowest BCUT2D eigenvalue weighted by Crippen LogP contribution is -2.49. The molecule has 2 aromatic rings. The average Bonchev–Trinajstić information content (AvgIpc) is 3.06. The molecule has 27 heavy (non-hydrogen) atoms. The molecule has 0 amide bonds. The fourth-order valence-electron chi connectivity index (χ4n) is 4.44. The lowest BCUT2D eigenvalue weighted by molar-refractivity contribution is 0.0593. The maximum absolute atomic E-state index is 6.55. The molecule has 1 aliphatic heterocycles. The Morgan fingerprint density at radius 3 is 2.70 bits per heavy atom. The van der Waals surface area contributed by atoms with Crippen LogP contribution in [0.5, 0.6) is 5.75 Å². The van der Waals surface area contributed by atoms with Crippen molar-refractivity contribution >= 4 is 0 Å². The quantitative estimate of drug-likeness (QED) is 0.852. The van der Waals surface area contributed by atoms with Gasteiger partial charge in [-0.15, -0.1) is 0 Å². The molecule has 0 aromatic heterocycles. The Kier molecular flexibility index (Phi) is 5.77. The second-order valence-electron chi connectivity index (χ2n) is 7.79. The van der Waals surface area contributed by atoms with Crippen LogP contribution < -0.4 is 10.5 Å². The molecular formula is C23H30N2O2. The molecule has 4 heteroatoms. The number of fused-ring (bicyclic) bond motifs is 1. The van der Waals surface area contributed by atoms with Crippen LogP contribution in [-0.2, 0) is 17.6 Å². The molecular weight excluding hydrogens is 336 g/mol. The van der Waals surface area contributed by atoms with Crippen molar-refractivity contribution in [3.05, 3.63) is 65.2 Å². The van der Waals surface area contributed by atoms with Gasteiger partial charge in [0.05, 0.1) is 12.6 Å². The summed E-state index contributed by atoms with van der Waals surface area (Å²) < 4.78 is 11.7. The molecule has 1 fully saturated rings. The summed E-state index contributed by atoms with van der Waals surface area (Å²) in [5.74, 6) is 0.934. The summed E-state index contributed by atoms with van der Waals surface area (Å²) in [5, 5.41) is 0. The molecule has 1 heterocycles. The van der Waals surface area contributed by atoms with Gasteiger partial charge in [-0.05, 0) is 61.1 Å². The third kappa shape index (κ3) is 4.18. The largest absolute Gasteiger partial charge is 0.484 e. The minimum Gasteiger partial charge on any atom is -0.484 e. The van der Waals surface area contributed by atoms with Crippen molar-refractivity contribution < 1.29 is 9.47 Å². The summed E-state index contributed by atoms with van der Waals surface area (Å²) in [6.07, 6.45) is 4.34. The van der Waals surface area contributed by atoms with E-state index in [9.17, 15) is 0 Å². The maximum Gasteiger partial charge on any atom is 0.140 e. The first-order valence-corrected chi connectivity index (χ1v) is 10.1. The third-order valence-electron chi connectivity index (χ3n) is 5.88. The predicted molar refractivity (Wildman–Crippen MR) is 108 cm³/mol. The van der Waals surface area contributed by atoms with Crippen molar-refractivity contribution in [2.24, 2.45) is 5.73 Å². The third-order valence-corrected chi connectivity index (χ3v) is 5.88. The zero-order chi connectivity index (χ0) is 18.6. The number of nitrogens with zero attached hydrogens (tertiary/aromatic N) is 1. The van der Waals surface area contributed by atoms with Crippen molar-refractivity contribution in [1.82, 2.24) is 4.90 Å². The van der Waals surface area contributed by atoms with Crippen molar-refractivity contribution in [2.75, 3.05) is 26.8 Å². The molecule has 144 valence electrons. The van der Waals surface area contributed by atoms with Gasteiger partial charge in [0.1, 0.15) is 11.9 Å². The molecule has 1 saturated heterocycles. The fraction of sp³-hybridized carbons (Fsp3) is 0.478. The lowest BCUT2D eigenvalue weighted by Gasteiger charge is -2.38. The van der Waals surface area contributed by atoms with Crippen LogP contribution in [0.1, 0.15) is 35.6 Å². The maximum atomic E-state index is 6.55. The van der Waals surface area contributed by atoms with Crippen LogP contribution in [0.15, 0.2) is 48.5 Å². The highest BCUT2D eigenvalue weighted by molar-refractivity contribution is 5.38. The number of hydrogen-bond acceptors (Lipinski definition) is 4. The lowest BCUT2D eigenvalue weighted by atomic mass is 10.0. The summed E-state index contributed by atoms with van der Waals surface area (Å²) in [7, 11) is 1.74. The molecule has 4 rings (SSSR count). The normalized spacial score (nSPS) is 25.3. The van der Waals surface area contributed by atoms with E-state index in [2.05, 4.69) is 53.4 Å². The number of piperidine rings is 1. The number of benzene rings is 2. The number of methoxy groups -OCH3 is 1. The molecule has 0 saturated carbocycles. The molecule has 0 unspecified atom stereocenters. The Hall–Kier alpha value is -1.88. The van der Waals surface area contributed by atoms with Crippen molar-refractivity contribution in [3.8, 4) is 5.75 Å². The van der Waals surface area contributed by atoms with E-state index >= 15 is 0 Å². The van der Waals surface area contributed by atoms with Crippen molar-refractivity contribution in [1.29, 1.82) is 0 Å². The standard InChI is InChI=1S/C23H30N2O2/c1-26-14-12-17-8-10-20(11-9-17)27-23-21-7-3-2-5-18(21)15-22(23)25-13-4-6-19(24)16-25/h2-3,5,7-11,19,22-23H,4,6,12-16,24H2,1H3/t19-,22-,23-/m1/s1. The topological polar surface area (TPSA) is 47.7 Å². The van der Waals surface area contributed by atoms with Gasteiger partial charge in [-0.25, -0.2) is 0 Å². The Labute approximate surface area is 162 Å². The highest BCUT2D eigenvalue weighted by Crippen LogP contribution is 2.38. The van der Waals surface area contributed by atoms with Gasteiger partial charge in [-0.2, -0.15) is 0 Å². The minimum absolute atomic E-state index is 0.0660. The van der Waals surface area contributed by atoms with E-state index in [0.717, 1.165) is 44.7 Å². The van der Waals surface area contributed by atoms with Crippen LogP contribution in [0.25, 0.3) is 0 Å². The van der Waals surface area contributed by atoms with Gasteiger partial charge in [-0.3, -0.25) is 4.90 Å². The Morgan fingerprint density at radius 1 is 1.11 bits per heavy atom. The van der Waals surface area contributed by atoms with Crippen LogP contribution >= 0.6 is 0 Å². The van der Waals surface area contributed by atoms with E-state index in [1.807, 2.05) is 0 Å². The van der Waals surface area contributed by atoms with Gasteiger partial charge in [0.2, 0.25) is 0 Å². The molecule has 4 nitrogen and oxygen atoms in total. The van der Waals surface area contributed by atoms with Gasteiger partial charge in [0.25, 0.3) is 0 Å². The predicted octanol–water partition coefficient (Wildman–Crippen LogP) is 3.34. The number of ether oxygens (including phenoxy) is 2. The first-order valence-electron chi connectivity index (χ1n) is 10.1. The number of hydrogen-bond donors (Lipinski definition) is 1. The molecule has 0 bridgehead atoms. The van der Waals surface area contributed by atoms with E-state index in [1.54, 1.807) is 7.11 Å². The van der Waals surface area contributed by atoms with Crippen LogP contribution in [0.2, 0.25) is 0 Å². The Balaban J connectivity index is 1.53. The van der Waals surface area contributed by atoms with E-state index in [4.69, 9.17) is 15.2 Å². The zero-order valence-electron chi connectivity index (χ0n) is 16.1. The summed E-state index contributed by atoms with van der Waals surface area (Å²) in [4.78, 5) is 2.55. The Morgan fingerprint density at radius 2 is 1.93 bits per heavy atom. The van der Waals surface area contributed by atoms with Gasteiger partial charge < -0.3 is 15.2 Å². The molecule has 2 aromatic carbocycles. The van der Waals surface area contributed by atoms with Gasteiger partial charge in [0, 0.05) is 19.7 Å². The van der Waals surface area contributed by atoms with E-state index < -0.39 is 0 Å². The number of rotatable bonds is 6. The highest BCUT2D eigenvalue weighted by atomic mass is 16.5. The van der Waals surface area contributed by atoms with Crippen molar-refractivity contribution in [2.45, 2.75) is 43.9 Å². The van der Waals surface area contributed by atoms with Crippen LogP contribution in [-0.4, -0.2) is 43.8 Å². The molecule has 0 spiro atoms. The molecule has 2 aliphatic rings. The number of likely N-dealkylation sites (tertiary alicyclic amines) is 1. The van der Waals surface area contributed by atoms with Crippen LogP contribution in [0.4, 0.5) is 0 Å². The highest BCUT2D eigenvalue weighted by Gasteiger charge is 2.39. The summed E-state index contributed by atoms with van der Waals surface area (Å²) in [5.41, 5.74) is 10.3. The first kappa shape index (κ1) is 18.5. The Bertz CT molecular complexity index is 746. The SMILES string of the molecule is COCCc1ccc(O[C@@H]2c3ccccc3C[C@H]2N2CCC[C@@H](N)C2)cc1. The van der Waals surface area contributed by atoms with E-state index in [-0.39, 0.29) is 12.1 Å². The molecule has 1 aliphatic carbocycles. The molecule has 3 atom stereocenters. The first-order chi connectivity index (χ1) is 13.2. The van der Waals surface area contributed by atoms with Gasteiger partial charge >= 0.3 is 0 Å². The average molecular weight is 367 g/mol. The molecule has 0 radical (unpaired) electrons. The van der Waals surface area contributed by atoms with E-state index in [1.165, 1.54) is 23.1 Å². The monoisotopic (exact) mass is 366 g/mol. The minimum atomic E-state index is 0.0660. The van der Waals surface area contributed by atoms with Gasteiger partial charge in [-0.1, -0.05) is 36.4 Å². The van der Waals surface area contributed by atoms with Gasteiger partial charge in [0.15, 0.2) is 0 Å². The van der Waals surface area contributed by atoms with Crippen molar-refractivity contribution in [3.63, 3.8) is 0 Å². The smallest absolute Gasteiger partial charge is 0.140 e. The molecule has 2 N–H and O–H groups in total. The summed E-state index contributed by atoms with van der Waals surface area (Å²) in [6.45, 7) is 2.82.